The summed E-state index contributed by atoms with van der Waals surface area (Å²) in [6.45, 7) is 1.52. The average Bonchev–Trinajstić information content (AvgIpc) is 3.15. The lowest BCUT2D eigenvalue weighted by atomic mass is 10.0. The summed E-state index contributed by atoms with van der Waals surface area (Å²) in [5.41, 5.74) is -0.192. The molecule has 1 aliphatic heterocycles. The number of benzene rings is 2. The molecule has 1 aliphatic rings. The molecule has 4 rings (SSSR count). The third-order valence-corrected chi connectivity index (χ3v) is 7.58. The van der Waals surface area contributed by atoms with Gasteiger partial charge in [-0.3, -0.25) is 14.4 Å². The van der Waals surface area contributed by atoms with Crippen molar-refractivity contribution in [1.29, 1.82) is 5.26 Å². The molecule has 8 nitrogen and oxygen atoms in total. The van der Waals surface area contributed by atoms with Gasteiger partial charge in [0.15, 0.2) is 15.6 Å². The fraction of sp³-hybridized carbons (Fsp3) is 0.208. The molecule has 34 heavy (non-hydrogen) atoms. The number of sulfone groups is 1. The summed E-state index contributed by atoms with van der Waals surface area (Å²) in [5, 5.41) is 20.9. The predicted octanol–water partition coefficient (Wildman–Crippen LogP) is 4.29. The normalized spacial score (nSPS) is 17.0. The Labute approximate surface area is 201 Å². The molecule has 174 valence electrons. The Balaban J connectivity index is 1.80. The highest BCUT2D eigenvalue weighted by Crippen LogP contribution is 2.35. The predicted molar refractivity (Wildman–Crippen MR) is 129 cm³/mol. The maximum absolute atomic E-state index is 12.9. The molecule has 10 heteroatoms. The lowest BCUT2D eigenvalue weighted by molar-refractivity contribution is 0.379. The third kappa shape index (κ3) is 4.69. The van der Waals surface area contributed by atoms with E-state index in [0.29, 0.717) is 22.2 Å². The molecule has 0 aliphatic carbocycles. The number of halogens is 1. The lowest BCUT2D eigenvalue weighted by Gasteiger charge is -2.18. The Bertz CT molecular complexity index is 1490. The number of nitrogens with zero attached hydrogens (tertiary/aromatic N) is 3. The molecule has 0 spiro atoms. The van der Waals surface area contributed by atoms with Gasteiger partial charge in [-0.15, -0.1) is 0 Å². The Morgan fingerprint density at radius 3 is 2.65 bits per heavy atom. The number of aromatic hydroxyl groups is 1. The molecular weight excluding hydrogens is 478 g/mol. The van der Waals surface area contributed by atoms with Gasteiger partial charge in [0.25, 0.3) is 5.56 Å². The molecule has 0 saturated carbocycles. The van der Waals surface area contributed by atoms with Crippen LogP contribution in [-0.4, -0.2) is 35.8 Å². The van der Waals surface area contributed by atoms with Crippen molar-refractivity contribution in [3.8, 4) is 23.4 Å². The van der Waals surface area contributed by atoms with Gasteiger partial charge in [-0.05, 0) is 49.2 Å². The fourth-order valence-electron chi connectivity index (χ4n) is 3.84. The summed E-state index contributed by atoms with van der Waals surface area (Å²) in [7, 11) is -3.33. The van der Waals surface area contributed by atoms with Gasteiger partial charge in [-0.1, -0.05) is 29.8 Å². The Morgan fingerprint density at radius 2 is 2.00 bits per heavy atom. The van der Waals surface area contributed by atoms with Crippen LogP contribution in [0.1, 0.15) is 29.2 Å². The minimum absolute atomic E-state index is 0.0918. The van der Waals surface area contributed by atoms with Crippen molar-refractivity contribution in [3.05, 3.63) is 80.6 Å². The van der Waals surface area contributed by atoms with Crippen molar-refractivity contribution in [2.24, 2.45) is 4.99 Å². The van der Waals surface area contributed by atoms with Crippen molar-refractivity contribution in [1.82, 2.24) is 4.57 Å². The van der Waals surface area contributed by atoms with E-state index in [9.17, 15) is 23.6 Å². The van der Waals surface area contributed by atoms with Crippen LogP contribution in [0.25, 0.3) is 0 Å². The lowest BCUT2D eigenvalue weighted by Crippen LogP contribution is -2.29. The second-order valence-corrected chi connectivity index (χ2v) is 10.5. The molecule has 1 fully saturated rings. The van der Waals surface area contributed by atoms with Crippen molar-refractivity contribution in [2.75, 3.05) is 11.5 Å². The van der Waals surface area contributed by atoms with E-state index in [-0.39, 0.29) is 34.6 Å². The Morgan fingerprint density at radius 1 is 1.26 bits per heavy atom. The first kappa shape index (κ1) is 23.5. The van der Waals surface area contributed by atoms with Crippen LogP contribution in [0, 0.1) is 18.3 Å². The molecule has 1 atom stereocenters. The number of aromatic nitrogens is 1. The summed E-state index contributed by atoms with van der Waals surface area (Å²) in [6.07, 6.45) is 1.48. The number of hydrogen-bond acceptors (Lipinski definition) is 7. The van der Waals surface area contributed by atoms with Crippen molar-refractivity contribution >= 4 is 33.3 Å². The second kappa shape index (κ2) is 9.33. The van der Waals surface area contributed by atoms with Crippen LogP contribution in [-0.2, 0) is 9.84 Å². The van der Waals surface area contributed by atoms with E-state index in [0.717, 1.165) is 4.57 Å². The van der Waals surface area contributed by atoms with Crippen LogP contribution < -0.4 is 10.3 Å². The number of para-hydroxylation sites is 1. The average molecular weight is 498 g/mol. The molecule has 2 heterocycles. The Hall–Kier alpha value is -3.61. The molecule has 0 amide bonds. The smallest absolute Gasteiger partial charge is 0.271 e. The van der Waals surface area contributed by atoms with E-state index in [2.05, 4.69) is 4.99 Å². The van der Waals surface area contributed by atoms with Crippen molar-refractivity contribution in [2.45, 2.75) is 19.4 Å². The van der Waals surface area contributed by atoms with Gasteiger partial charge < -0.3 is 9.84 Å². The molecule has 1 saturated heterocycles. The second-order valence-electron chi connectivity index (χ2n) is 7.87. The Kier molecular flexibility index (Phi) is 6.46. The number of hydrogen-bond donors (Lipinski definition) is 1. The number of nitriles is 1. The zero-order valence-electron chi connectivity index (χ0n) is 18.1. The SMILES string of the molecule is Cc1c(C=Nc2cc(Cl)ccc2Oc2ccccc2)c(O)n([C@H]2CCS(=O)(=O)C2)c(=O)c1C#N. The van der Waals surface area contributed by atoms with Gasteiger partial charge in [-0.25, -0.2) is 8.42 Å². The van der Waals surface area contributed by atoms with Crippen LogP contribution in [0.2, 0.25) is 5.02 Å². The highest BCUT2D eigenvalue weighted by molar-refractivity contribution is 7.91. The van der Waals surface area contributed by atoms with Gasteiger partial charge >= 0.3 is 0 Å². The highest BCUT2D eigenvalue weighted by atomic mass is 35.5. The summed E-state index contributed by atoms with van der Waals surface area (Å²) in [4.78, 5) is 17.3. The maximum Gasteiger partial charge on any atom is 0.271 e. The molecule has 1 aromatic heterocycles. The minimum Gasteiger partial charge on any atom is -0.494 e. The molecule has 0 bridgehead atoms. The molecular formula is C24H20ClN3O5S. The first-order valence-corrected chi connectivity index (χ1v) is 12.5. The molecule has 2 aromatic carbocycles. The molecule has 3 aromatic rings. The summed E-state index contributed by atoms with van der Waals surface area (Å²) in [5.74, 6) is 0.169. The number of rotatable bonds is 5. The molecule has 0 unspecified atom stereocenters. The number of pyridine rings is 1. The first-order valence-electron chi connectivity index (χ1n) is 10.4. The molecule has 1 N–H and O–H groups in total. The fourth-order valence-corrected chi connectivity index (χ4v) is 5.71. The molecule has 0 radical (unpaired) electrons. The van der Waals surface area contributed by atoms with E-state index in [1.807, 2.05) is 24.3 Å². The topological polar surface area (TPSA) is 122 Å². The monoisotopic (exact) mass is 497 g/mol. The van der Waals surface area contributed by atoms with Gasteiger partial charge in [0.2, 0.25) is 5.88 Å². The third-order valence-electron chi connectivity index (χ3n) is 5.59. The van der Waals surface area contributed by atoms with E-state index in [4.69, 9.17) is 16.3 Å². The van der Waals surface area contributed by atoms with Crippen LogP contribution in [0.3, 0.4) is 0 Å². The summed E-state index contributed by atoms with van der Waals surface area (Å²) >= 11 is 6.15. The van der Waals surface area contributed by atoms with Crippen molar-refractivity contribution < 1.29 is 18.3 Å². The van der Waals surface area contributed by atoms with Gasteiger partial charge in [-0.2, -0.15) is 5.26 Å². The van der Waals surface area contributed by atoms with E-state index in [1.165, 1.54) is 13.1 Å². The number of ether oxygens (including phenoxy) is 1. The maximum atomic E-state index is 12.9. The van der Waals surface area contributed by atoms with Crippen LogP contribution in [0.15, 0.2) is 58.3 Å². The largest absolute Gasteiger partial charge is 0.494 e. The first-order chi connectivity index (χ1) is 16.2. The minimum atomic E-state index is -3.33. The standard InChI is InChI=1S/C24H20ClN3O5S/c1-15-19(12-26)23(29)28(17-9-10-34(31,32)14-17)24(30)20(15)13-27-21-11-16(25)7-8-22(21)33-18-5-3-2-4-6-18/h2-8,11,13,17,30H,9-10,14H2,1H3/t17-/m0/s1. The van der Waals surface area contributed by atoms with E-state index < -0.39 is 27.3 Å². The van der Waals surface area contributed by atoms with Crippen LogP contribution in [0.4, 0.5) is 5.69 Å². The highest BCUT2D eigenvalue weighted by Gasteiger charge is 2.33. The van der Waals surface area contributed by atoms with Crippen molar-refractivity contribution in [3.63, 3.8) is 0 Å². The zero-order chi connectivity index (χ0) is 24.5. The van der Waals surface area contributed by atoms with Crippen LogP contribution in [0.5, 0.6) is 17.4 Å². The zero-order valence-corrected chi connectivity index (χ0v) is 19.7. The van der Waals surface area contributed by atoms with E-state index in [1.54, 1.807) is 30.3 Å². The van der Waals surface area contributed by atoms with Gasteiger partial charge in [0.05, 0.1) is 23.1 Å². The van der Waals surface area contributed by atoms with E-state index >= 15 is 0 Å². The van der Waals surface area contributed by atoms with Gasteiger partial charge in [0.1, 0.15) is 23.1 Å². The summed E-state index contributed by atoms with van der Waals surface area (Å²) < 4.78 is 30.8. The van der Waals surface area contributed by atoms with Crippen LogP contribution >= 0.6 is 11.6 Å². The van der Waals surface area contributed by atoms with Gasteiger partial charge in [0, 0.05) is 11.2 Å². The number of aliphatic imine (C=N–C) groups is 1. The quantitative estimate of drug-likeness (QED) is 0.525. The summed E-state index contributed by atoms with van der Waals surface area (Å²) in [6, 6.07) is 15.0.